The van der Waals surface area contributed by atoms with Crippen LogP contribution in [0.15, 0.2) is 54.9 Å². The van der Waals surface area contributed by atoms with Crippen molar-refractivity contribution < 1.29 is 23.8 Å². The van der Waals surface area contributed by atoms with Crippen molar-refractivity contribution in [3.05, 3.63) is 77.0 Å². The number of ether oxygens (including phenoxy) is 1. The number of aromatic nitrogens is 3. The first kappa shape index (κ1) is 26.6. The number of hydrogen-bond acceptors (Lipinski definition) is 5. The van der Waals surface area contributed by atoms with Gasteiger partial charge in [0.1, 0.15) is 0 Å². The second kappa shape index (κ2) is 11.4. The highest BCUT2D eigenvalue weighted by Gasteiger charge is 2.25. The fourth-order valence-electron chi connectivity index (χ4n) is 5.19. The molecule has 10 heteroatoms. The number of rotatable bonds is 8. The summed E-state index contributed by atoms with van der Waals surface area (Å²) in [6.07, 6.45) is 6.57. The Morgan fingerprint density at radius 1 is 1.10 bits per heavy atom. The predicted molar refractivity (Wildman–Crippen MR) is 145 cm³/mol. The molecule has 1 aliphatic carbocycles. The summed E-state index contributed by atoms with van der Waals surface area (Å²) in [6, 6.07) is 11.8. The summed E-state index contributed by atoms with van der Waals surface area (Å²) in [5.41, 5.74) is 3.41. The normalized spacial score (nSPS) is 17.2. The standard InChI is InChI=1S/C29H28ClFN4O4/c1-39-26-12-18(5-9-25(26)31)19-4-8-23(32-14-19)16-35-28-20(15-33-35)11-21(30)13-24(28)29(38)34-22-6-2-17(3-7-22)10-27(36)37/h4-5,8-9,11-15,17,22H,2-3,6-7,10,16H2,1H3,(H,34,38)(H,36,37). The first-order valence-electron chi connectivity index (χ1n) is 12.8. The highest BCUT2D eigenvalue weighted by molar-refractivity contribution is 6.32. The van der Waals surface area contributed by atoms with Crippen LogP contribution in [-0.2, 0) is 11.3 Å². The first-order valence-corrected chi connectivity index (χ1v) is 13.1. The van der Waals surface area contributed by atoms with Crippen LogP contribution in [0.1, 0.15) is 48.2 Å². The Bertz CT molecular complexity index is 1510. The van der Waals surface area contributed by atoms with E-state index in [1.807, 2.05) is 12.1 Å². The Morgan fingerprint density at radius 2 is 1.87 bits per heavy atom. The van der Waals surface area contributed by atoms with Crippen molar-refractivity contribution in [1.29, 1.82) is 0 Å². The van der Waals surface area contributed by atoms with E-state index in [4.69, 9.17) is 21.4 Å². The van der Waals surface area contributed by atoms with Crippen LogP contribution >= 0.6 is 11.6 Å². The number of carbonyl (C=O) groups is 2. The van der Waals surface area contributed by atoms with E-state index in [-0.39, 0.29) is 30.0 Å². The fourth-order valence-corrected chi connectivity index (χ4v) is 5.42. The van der Waals surface area contributed by atoms with Crippen molar-refractivity contribution in [3.63, 3.8) is 0 Å². The van der Waals surface area contributed by atoms with Gasteiger partial charge >= 0.3 is 5.97 Å². The van der Waals surface area contributed by atoms with Crippen LogP contribution in [0, 0.1) is 11.7 Å². The van der Waals surface area contributed by atoms with Gasteiger partial charge in [-0.25, -0.2) is 4.39 Å². The van der Waals surface area contributed by atoms with Gasteiger partial charge in [-0.2, -0.15) is 5.10 Å². The first-order chi connectivity index (χ1) is 18.8. The minimum absolute atomic E-state index is 0.0211. The van der Waals surface area contributed by atoms with Gasteiger partial charge < -0.3 is 15.2 Å². The molecule has 2 aromatic heterocycles. The minimum atomic E-state index is -0.781. The van der Waals surface area contributed by atoms with Gasteiger partial charge in [0.25, 0.3) is 5.91 Å². The number of methoxy groups -OCH3 is 1. The molecule has 39 heavy (non-hydrogen) atoms. The Morgan fingerprint density at radius 3 is 2.56 bits per heavy atom. The van der Waals surface area contributed by atoms with E-state index in [0.717, 1.165) is 47.9 Å². The number of carboxylic acids is 1. The number of nitrogens with zero attached hydrogens (tertiary/aromatic N) is 3. The monoisotopic (exact) mass is 550 g/mol. The summed E-state index contributed by atoms with van der Waals surface area (Å²) < 4.78 is 20.6. The third-order valence-electron chi connectivity index (χ3n) is 7.21. The molecule has 0 radical (unpaired) electrons. The number of hydrogen-bond donors (Lipinski definition) is 2. The van der Waals surface area contributed by atoms with Gasteiger partial charge in [0.05, 0.1) is 36.6 Å². The average molecular weight is 551 g/mol. The van der Waals surface area contributed by atoms with Gasteiger partial charge in [0, 0.05) is 34.6 Å². The van der Waals surface area contributed by atoms with E-state index in [9.17, 15) is 14.0 Å². The number of benzene rings is 2. The van der Waals surface area contributed by atoms with Crippen molar-refractivity contribution in [1.82, 2.24) is 20.1 Å². The molecular weight excluding hydrogens is 523 g/mol. The molecule has 1 saturated carbocycles. The van der Waals surface area contributed by atoms with E-state index in [2.05, 4.69) is 15.4 Å². The minimum Gasteiger partial charge on any atom is -0.494 e. The van der Waals surface area contributed by atoms with E-state index in [1.165, 1.54) is 13.2 Å². The van der Waals surface area contributed by atoms with E-state index >= 15 is 0 Å². The lowest BCUT2D eigenvalue weighted by Crippen LogP contribution is -2.38. The number of carboxylic acid groups (broad SMARTS) is 1. The van der Waals surface area contributed by atoms with Gasteiger partial charge in [-0.1, -0.05) is 23.7 Å². The average Bonchev–Trinajstić information content (AvgIpc) is 3.31. The highest BCUT2D eigenvalue weighted by Crippen LogP contribution is 2.29. The number of aliphatic carboxylic acids is 1. The summed E-state index contributed by atoms with van der Waals surface area (Å²) in [6.45, 7) is 0.332. The third kappa shape index (κ3) is 6.04. The number of nitrogens with one attached hydrogen (secondary N) is 1. The number of halogens is 2. The molecule has 0 bridgehead atoms. The summed E-state index contributed by atoms with van der Waals surface area (Å²) in [4.78, 5) is 28.9. The number of pyridine rings is 1. The number of amides is 1. The lowest BCUT2D eigenvalue weighted by atomic mass is 9.84. The van der Waals surface area contributed by atoms with Gasteiger partial charge in [-0.05, 0) is 67.5 Å². The van der Waals surface area contributed by atoms with Crippen LogP contribution in [0.2, 0.25) is 5.02 Å². The molecule has 8 nitrogen and oxygen atoms in total. The van der Waals surface area contributed by atoms with Gasteiger partial charge in [0.2, 0.25) is 0 Å². The van der Waals surface area contributed by atoms with Crippen LogP contribution in [0.4, 0.5) is 4.39 Å². The van der Waals surface area contributed by atoms with E-state index in [1.54, 1.807) is 41.3 Å². The van der Waals surface area contributed by atoms with Crippen molar-refractivity contribution in [2.45, 2.75) is 44.7 Å². The van der Waals surface area contributed by atoms with Crippen molar-refractivity contribution >= 4 is 34.4 Å². The van der Waals surface area contributed by atoms with Crippen LogP contribution in [0.5, 0.6) is 5.75 Å². The molecule has 5 rings (SSSR count). The van der Waals surface area contributed by atoms with Crippen molar-refractivity contribution in [2.75, 3.05) is 7.11 Å². The Kier molecular flexibility index (Phi) is 7.79. The lowest BCUT2D eigenvalue weighted by Gasteiger charge is -2.28. The quantitative estimate of drug-likeness (QED) is 0.291. The molecule has 0 aliphatic heterocycles. The molecule has 4 aromatic rings. The van der Waals surface area contributed by atoms with Crippen LogP contribution in [-0.4, -0.2) is 44.9 Å². The molecular formula is C29H28ClFN4O4. The maximum atomic E-state index is 13.8. The molecule has 0 spiro atoms. The SMILES string of the molecule is COc1cc(-c2ccc(Cn3ncc4cc(Cl)cc(C(=O)NC5CCC(CC(=O)O)CC5)c43)nc2)ccc1F. The molecule has 0 saturated heterocycles. The van der Waals surface area contributed by atoms with Gasteiger partial charge in [0.15, 0.2) is 11.6 Å². The maximum Gasteiger partial charge on any atom is 0.303 e. The molecule has 0 atom stereocenters. The molecule has 1 fully saturated rings. The Hall–Kier alpha value is -3.98. The molecule has 202 valence electrons. The Labute approximate surface area is 229 Å². The van der Waals surface area contributed by atoms with Gasteiger partial charge in [-0.15, -0.1) is 0 Å². The largest absolute Gasteiger partial charge is 0.494 e. The van der Waals surface area contributed by atoms with Crippen LogP contribution in [0.25, 0.3) is 22.0 Å². The second-order valence-electron chi connectivity index (χ2n) is 9.87. The topological polar surface area (TPSA) is 106 Å². The maximum absolute atomic E-state index is 13.8. The Balaban J connectivity index is 1.34. The molecule has 1 amide bonds. The molecule has 2 aromatic carbocycles. The molecule has 1 aliphatic rings. The van der Waals surface area contributed by atoms with Crippen molar-refractivity contribution in [2.24, 2.45) is 5.92 Å². The van der Waals surface area contributed by atoms with E-state index in [0.29, 0.717) is 22.6 Å². The molecule has 0 unspecified atom stereocenters. The van der Waals surface area contributed by atoms with Crippen molar-refractivity contribution in [3.8, 4) is 16.9 Å². The molecule has 2 heterocycles. The predicted octanol–water partition coefficient (Wildman–Crippen LogP) is 5.71. The zero-order valence-electron chi connectivity index (χ0n) is 21.4. The summed E-state index contributed by atoms with van der Waals surface area (Å²) in [7, 11) is 1.42. The fraction of sp³-hybridized carbons (Fsp3) is 0.310. The molecule has 2 N–H and O–H groups in total. The van der Waals surface area contributed by atoms with Gasteiger partial charge in [-0.3, -0.25) is 19.3 Å². The zero-order chi connectivity index (χ0) is 27.5. The smallest absolute Gasteiger partial charge is 0.303 e. The summed E-state index contributed by atoms with van der Waals surface area (Å²) in [5.74, 6) is -1.13. The summed E-state index contributed by atoms with van der Waals surface area (Å²) >= 11 is 6.34. The zero-order valence-corrected chi connectivity index (χ0v) is 22.1. The van der Waals surface area contributed by atoms with E-state index < -0.39 is 11.8 Å². The third-order valence-corrected chi connectivity index (χ3v) is 7.43. The number of carbonyl (C=O) groups excluding carboxylic acids is 1. The van der Waals surface area contributed by atoms with Crippen LogP contribution in [0.3, 0.4) is 0 Å². The highest BCUT2D eigenvalue weighted by atomic mass is 35.5. The lowest BCUT2D eigenvalue weighted by molar-refractivity contribution is -0.138. The summed E-state index contributed by atoms with van der Waals surface area (Å²) in [5, 5.41) is 17.8. The number of fused-ring (bicyclic) bond motifs is 1. The van der Waals surface area contributed by atoms with Crippen LogP contribution < -0.4 is 10.1 Å². The second-order valence-corrected chi connectivity index (χ2v) is 10.3.